The van der Waals surface area contributed by atoms with Crippen LogP contribution < -0.4 is 10.5 Å². The van der Waals surface area contributed by atoms with Crippen LogP contribution in [0.5, 0.6) is 5.88 Å². The van der Waals surface area contributed by atoms with E-state index in [1.807, 2.05) is 0 Å². The molecule has 0 radical (unpaired) electrons. The molecule has 3 heterocycles. The van der Waals surface area contributed by atoms with Crippen molar-refractivity contribution >= 4 is 5.91 Å². The summed E-state index contributed by atoms with van der Waals surface area (Å²) >= 11 is 0. The summed E-state index contributed by atoms with van der Waals surface area (Å²) < 4.78 is 46.3. The number of hydrogen-bond donors (Lipinski definition) is 1. The molecule has 2 aromatic rings. The van der Waals surface area contributed by atoms with Gasteiger partial charge in [0.1, 0.15) is 0 Å². The summed E-state index contributed by atoms with van der Waals surface area (Å²) in [5, 5.41) is 11.0. The summed E-state index contributed by atoms with van der Waals surface area (Å²) in [5.74, 6) is -0.777. The Bertz CT molecular complexity index is 790. The van der Waals surface area contributed by atoms with Crippen LogP contribution in [0.15, 0.2) is 18.3 Å². The van der Waals surface area contributed by atoms with Crippen molar-refractivity contribution in [2.45, 2.75) is 25.1 Å². The summed E-state index contributed by atoms with van der Waals surface area (Å²) in [6, 6.07) is 2.39. The quantitative estimate of drug-likeness (QED) is 0.873. The first-order valence-electron chi connectivity index (χ1n) is 7.89. The Balaban J connectivity index is 2.01. The molecule has 11 heteroatoms. The number of halogens is 3. The van der Waals surface area contributed by atoms with E-state index >= 15 is 0 Å². The fourth-order valence-electron chi connectivity index (χ4n) is 2.85. The Morgan fingerprint density at radius 2 is 2.12 bits per heavy atom. The molecule has 1 unspecified atom stereocenters. The summed E-state index contributed by atoms with van der Waals surface area (Å²) in [4.78, 5) is 13.9. The maximum atomic E-state index is 13.6. The fraction of sp³-hybridized carbons (Fsp3) is 0.467. The van der Waals surface area contributed by atoms with Crippen LogP contribution in [0.25, 0.3) is 5.82 Å². The van der Waals surface area contributed by atoms with Crippen molar-refractivity contribution < 1.29 is 22.7 Å². The highest BCUT2D eigenvalue weighted by Crippen LogP contribution is 2.34. The van der Waals surface area contributed by atoms with Gasteiger partial charge in [-0.25, -0.2) is 4.68 Å². The summed E-state index contributed by atoms with van der Waals surface area (Å²) in [5.41, 5.74) is 4.09. The summed E-state index contributed by atoms with van der Waals surface area (Å²) in [7, 11) is 1.36. The third-order valence-corrected chi connectivity index (χ3v) is 4.07. The van der Waals surface area contributed by atoms with E-state index in [1.54, 1.807) is 0 Å². The number of methoxy groups -OCH3 is 1. The molecule has 1 saturated heterocycles. The van der Waals surface area contributed by atoms with Crippen LogP contribution in [0.2, 0.25) is 0 Å². The standard InChI is InChI=1S/C15H17F3N6O2/c1-26-12-5-4-11(21-22-12)24-13(15(16,17)18)10(7-20-24)14(25)23-6-2-3-9(19)8-23/h4-5,7,9H,2-3,6,8,19H2,1H3. The topological polar surface area (TPSA) is 99.2 Å². The van der Waals surface area contributed by atoms with Crippen LogP contribution in [0.3, 0.4) is 0 Å². The molecule has 1 aliphatic rings. The number of carbonyl (C=O) groups is 1. The fourth-order valence-corrected chi connectivity index (χ4v) is 2.85. The van der Waals surface area contributed by atoms with E-state index in [0.29, 0.717) is 17.6 Å². The van der Waals surface area contributed by atoms with E-state index in [2.05, 4.69) is 15.3 Å². The molecule has 8 nitrogen and oxygen atoms in total. The summed E-state index contributed by atoms with van der Waals surface area (Å²) in [6.07, 6.45) is -2.53. The van der Waals surface area contributed by atoms with Gasteiger partial charge < -0.3 is 15.4 Å². The predicted octanol–water partition coefficient (Wildman–Crippen LogP) is 1.25. The molecular weight excluding hydrogens is 353 g/mol. The lowest BCUT2D eigenvalue weighted by Gasteiger charge is -2.30. The summed E-state index contributed by atoms with van der Waals surface area (Å²) in [6.45, 7) is 0.570. The molecule has 0 aromatic carbocycles. The maximum absolute atomic E-state index is 13.6. The number of nitrogens with zero attached hydrogens (tertiary/aromatic N) is 5. The first-order valence-corrected chi connectivity index (χ1v) is 7.89. The van der Waals surface area contributed by atoms with E-state index in [1.165, 1.54) is 24.1 Å². The number of ether oxygens (including phenoxy) is 1. The largest absolute Gasteiger partial charge is 0.480 e. The number of likely N-dealkylation sites (tertiary alicyclic amines) is 1. The third-order valence-electron chi connectivity index (χ3n) is 4.07. The van der Waals surface area contributed by atoms with Crippen LogP contribution in [-0.2, 0) is 6.18 Å². The van der Waals surface area contributed by atoms with Gasteiger partial charge in [-0.3, -0.25) is 4.79 Å². The van der Waals surface area contributed by atoms with Crippen molar-refractivity contribution in [3.8, 4) is 11.7 Å². The monoisotopic (exact) mass is 370 g/mol. The molecular formula is C15H17F3N6O2. The molecule has 2 aromatic heterocycles. The molecule has 1 atom stereocenters. The van der Waals surface area contributed by atoms with Gasteiger partial charge in [-0.15, -0.1) is 10.2 Å². The lowest BCUT2D eigenvalue weighted by atomic mass is 10.1. The van der Waals surface area contributed by atoms with Gasteiger partial charge >= 0.3 is 6.18 Å². The number of carbonyl (C=O) groups excluding carboxylic acids is 1. The number of rotatable bonds is 3. The average molecular weight is 370 g/mol. The lowest BCUT2D eigenvalue weighted by molar-refractivity contribution is -0.143. The van der Waals surface area contributed by atoms with Gasteiger partial charge in [0.15, 0.2) is 11.5 Å². The van der Waals surface area contributed by atoms with Crippen molar-refractivity contribution in [1.29, 1.82) is 0 Å². The highest BCUT2D eigenvalue weighted by Gasteiger charge is 2.42. The molecule has 0 saturated carbocycles. The van der Waals surface area contributed by atoms with Gasteiger partial charge in [0.05, 0.1) is 18.9 Å². The van der Waals surface area contributed by atoms with Crippen LogP contribution in [0, 0.1) is 0 Å². The van der Waals surface area contributed by atoms with Crippen molar-refractivity contribution in [2.24, 2.45) is 5.73 Å². The van der Waals surface area contributed by atoms with E-state index in [0.717, 1.165) is 12.6 Å². The number of amides is 1. The second-order valence-corrected chi connectivity index (χ2v) is 5.90. The number of aromatic nitrogens is 4. The van der Waals surface area contributed by atoms with Gasteiger partial charge in [-0.2, -0.15) is 18.3 Å². The van der Waals surface area contributed by atoms with Crippen LogP contribution in [-0.4, -0.2) is 57.0 Å². The van der Waals surface area contributed by atoms with E-state index < -0.39 is 23.3 Å². The number of hydrogen-bond acceptors (Lipinski definition) is 6. The minimum atomic E-state index is -4.80. The number of alkyl halides is 3. The highest BCUT2D eigenvalue weighted by atomic mass is 19.4. The van der Waals surface area contributed by atoms with E-state index in [-0.39, 0.29) is 24.3 Å². The molecule has 2 N–H and O–H groups in total. The average Bonchev–Trinajstić information content (AvgIpc) is 3.06. The minimum absolute atomic E-state index is 0.146. The second-order valence-electron chi connectivity index (χ2n) is 5.90. The third kappa shape index (κ3) is 3.47. The normalized spacial score (nSPS) is 18.0. The highest BCUT2D eigenvalue weighted by molar-refractivity contribution is 5.95. The molecule has 140 valence electrons. The Morgan fingerprint density at radius 3 is 2.69 bits per heavy atom. The van der Waals surface area contributed by atoms with Crippen molar-refractivity contribution in [2.75, 3.05) is 20.2 Å². The van der Waals surface area contributed by atoms with Gasteiger partial charge in [0, 0.05) is 25.2 Å². The van der Waals surface area contributed by atoms with E-state index in [9.17, 15) is 18.0 Å². The Hall–Kier alpha value is -2.69. The van der Waals surface area contributed by atoms with E-state index in [4.69, 9.17) is 10.5 Å². The molecule has 1 fully saturated rings. The van der Waals surface area contributed by atoms with Gasteiger partial charge in [0.25, 0.3) is 5.91 Å². The zero-order valence-corrected chi connectivity index (χ0v) is 13.9. The molecule has 0 bridgehead atoms. The first kappa shape index (κ1) is 18.1. The molecule has 26 heavy (non-hydrogen) atoms. The van der Waals surface area contributed by atoms with Gasteiger partial charge in [-0.05, 0) is 18.9 Å². The zero-order valence-electron chi connectivity index (χ0n) is 13.9. The van der Waals surface area contributed by atoms with Crippen LogP contribution >= 0.6 is 0 Å². The molecule has 3 rings (SSSR count). The SMILES string of the molecule is COc1ccc(-n2ncc(C(=O)N3CCCC(N)C3)c2C(F)(F)F)nn1. The predicted molar refractivity (Wildman–Crippen MR) is 83.8 cm³/mol. The maximum Gasteiger partial charge on any atom is 0.434 e. The smallest absolute Gasteiger partial charge is 0.434 e. The first-order chi connectivity index (χ1) is 12.3. The zero-order chi connectivity index (χ0) is 18.9. The molecule has 0 spiro atoms. The second kappa shape index (κ2) is 6.90. The number of nitrogens with two attached hydrogens (primary N) is 1. The van der Waals surface area contributed by atoms with Crippen LogP contribution in [0.1, 0.15) is 28.9 Å². The molecule has 1 amide bonds. The van der Waals surface area contributed by atoms with Gasteiger partial charge in [0.2, 0.25) is 5.88 Å². The minimum Gasteiger partial charge on any atom is -0.480 e. The van der Waals surface area contributed by atoms with Crippen molar-refractivity contribution in [3.05, 3.63) is 29.6 Å². The lowest BCUT2D eigenvalue weighted by Crippen LogP contribution is -2.46. The van der Waals surface area contributed by atoms with Gasteiger partial charge in [-0.1, -0.05) is 0 Å². The Kier molecular flexibility index (Phi) is 4.81. The van der Waals surface area contributed by atoms with Crippen molar-refractivity contribution in [1.82, 2.24) is 24.9 Å². The molecule has 0 aliphatic carbocycles. The van der Waals surface area contributed by atoms with Crippen molar-refractivity contribution in [3.63, 3.8) is 0 Å². The van der Waals surface area contributed by atoms with Crippen LogP contribution in [0.4, 0.5) is 13.2 Å². The Morgan fingerprint density at radius 1 is 1.35 bits per heavy atom. The number of piperidine rings is 1. The Labute approximate surface area is 146 Å². The molecule has 1 aliphatic heterocycles.